The van der Waals surface area contributed by atoms with Crippen molar-refractivity contribution in [1.29, 1.82) is 0 Å². The molecule has 1 unspecified atom stereocenters. The second kappa shape index (κ2) is 14.5. The molecule has 3 heterocycles. The number of rotatable bonds is 14. The number of hydrogen-bond acceptors (Lipinski definition) is 7. The summed E-state index contributed by atoms with van der Waals surface area (Å²) in [5.41, 5.74) is 3.73. The van der Waals surface area contributed by atoms with Crippen LogP contribution in [0, 0.1) is 5.92 Å². The first-order valence-corrected chi connectivity index (χ1v) is 16.1. The van der Waals surface area contributed by atoms with E-state index in [9.17, 15) is 14.7 Å². The number of carbonyl (C=O) groups excluding carboxylic acids is 1. The first-order chi connectivity index (χ1) is 22.1. The molecule has 0 radical (unpaired) electrons. The van der Waals surface area contributed by atoms with Crippen molar-refractivity contribution in [2.75, 3.05) is 59.6 Å². The molecule has 1 fully saturated rings. The summed E-state index contributed by atoms with van der Waals surface area (Å²) < 4.78 is 17.7. The number of methoxy groups -OCH3 is 1. The number of amides is 1. The lowest BCUT2D eigenvalue weighted by Gasteiger charge is -2.30. The molecule has 0 aliphatic carbocycles. The van der Waals surface area contributed by atoms with Gasteiger partial charge in [0.15, 0.2) is 11.5 Å². The summed E-state index contributed by atoms with van der Waals surface area (Å²) >= 11 is 0. The fourth-order valence-electron chi connectivity index (χ4n) is 6.74. The van der Waals surface area contributed by atoms with E-state index in [0.717, 1.165) is 46.4 Å². The third kappa shape index (κ3) is 7.79. The van der Waals surface area contributed by atoms with Crippen LogP contribution in [0.1, 0.15) is 48.9 Å². The van der Waals surface area contributed by atoms with Crippen molar-refractivity contribution < 1.29 is 33.4 Å². The summed E-state index contributed by atoms with van der Waals surface area (Å²) in [6.45, 7) is 4.15. The lowest BCUT2D eigenvalue weighted by Crippen LogP contribution is -2.44. The van der Waals surface area contributed by atoms with Gasteiger partial charge in [-0.05, 0) is 61.2 Å². The Balaban J connectivity index is 1.47. The van der Waals surface area contributed by atoms with Gasteiger partial charge in [0.25, 0.3) is 0 Å². The quantitative estimate of drug-likeness (QED) is 0.249. The summed E-state index contributed by atoms with van der Waals surface area (Å²) in [6.07, 6.45) is 4.72. The van der Waals surface area contributed by atoms with Crippen LogP contribution in [0.5, 0.6) is 17.2 Å². The molecule has 10 heteroatoms. The molecular formula is C36H47N4O6+. The molecule has 2 aliphatic rings. The largest absolute Gasteiger partial charge is 0.493 e. The Hall–Kier alpha value is -4.15. The molecule has 0 bridgehead atoms. The third-order valence-corrected chi connectivity index (χ3v) is 8.82. The van der Waals surface area contributed by atoms with Crippen LogP contribution in [0.25, 0.3) is 0 Å². The van der Waals surface area contributed by atoms with Gasteiger partial charge in [0.2, 0.25) is 18.4 Å². The number of unbranched alkanes of at least 4 members (excludes halogenated alkanes) is 1. The third-order valence-electron chi connectivity index (χ3n) is 8.82. The van der Waals surface area contributed by atoms with Crippen molar-refractivity contribution in [3.8, 4) is 17.2 Å². The first kappa shape index (κ1) is 33.2. The first-order valence-electron chi connectivity index (χ1n) is 16.1. The maximum absolute atomic E-state index is 14.3. The van der Waals surface area contributed by atoms with E-state index < -0.39 is 11.9 Å². The van der Waals surface area contributed by atoms with E-state index in [4.69, 9.17) is 14.2 Å². The summed E-state index contributed by atoms with van der Waals surface area (Å²) in [4.78, 5) is 35.7. The van der Waals surface area contributed by atoms with Gasteiger partial charge in [-0.15, -0.1) is 0 Å². The van der Waals surface area contributed by atoms with E-state index in [1.54, 1.807) is 13.3 Å². The number of carbonyl (C=O) groups is 2. The number of pyridine rings is 1. The molecule has 2 aromatic carbocycles. The Morgan fingerprint density at radius 3 is 2.63 bits per heavy atom. The summed E-state index contributed by atoms with van der Waals surface area (Å²) in [6, 6.07) is 17.3. The zero-order valence-electron chi connectivity index (χ0n) is 27.6. The maximum Gasteiger partial charge on any atom is 0.308 e. The molecule has 3 atom stereocenters. The number of anilines is 1. The minimum absolute atomic E-state index is 0.0354. The zero-order chi connectivity index (χ0) is 32.8. The normalized spacial score (nSPS) is 19.3. The molecule has 5 rings (SSSR count). The molecule has 0 saturated carbocycles. The number of likely N-dealkylation sites (tertiary alicyclic amines) is 1. The summed E-state index contributed by atoms with van der Waals surface area (Å²) in [5, 5.41) is 10.7. The van der Waals surface area contributed by atoms with Crippen molar-refractivity contribution >= 4 is 17.6 Å². The smallest absolute Gasteiger partial charge is 0.308 e. The van der Waals surface area contributed by atoms with Gasteiger partial charge < -0.3 is 28.7 Å². The standard InChI is InChI=1S/C36H46N4O6/c1-6-7-17-39(28-13-10-11-25(18-28)23-40(2,3)4)33(41)22-38-21-29(26-19-31(44-5)35-32(20-26)45-24-46-35)34(36(42)43)30(38)15-14-27-12-8-9-16-37-27/h8-13,16,18-20,29-30,34H,6-7,14-15,17,21-24H2,1-5H3/p+1/t29-,30+,34?/m1/s1. The number of benzene rings is 2. The van der Waals surface area contributed by atoms with Crippen LogP contribution >= 0.6 is 0 Å². The van der Waals surface area contributed by atoms with Gasteiger partial charge in [0.1, 0.15) is 6.54 Å². The Kier molecular flexibility index (Phi) is 10.5. The van der Waals surface area contributed by atoms with Crippen molar-refractivity contribution in [2.24, 2.45) is 5.92 Å². The summed E-state index contributed by atoms with van der Waals surface area (Å²) in [5.74, 6) is -0.497. The average Bonchev–Trinajstić information content (AvgIpc) is 3.64. The monoisotopic (exact) mass is 631 g/mol. The molecule has 10 nitrogen and oxygen atoms in total. The molecule has 3 aromatic rings. The van der Waals surface area contributed by atoms with E-state index in [1.165, 1.54) is 0 Å². The van der Waals surface area contributed by atoms with Crippen LogP contribution in [0.2, 0.25) is 0 Å². The number of carboxylic acid groups (broad SMARTS) is 1. The molecule has 1 aromatic heterocycles. The molecule has 2 aliphatic heterocycles. The highest BCUT2D eigenvalue weighted by atomic mass is 16.7. The predicted octanol–water partition coefficient (Wildman–Crippen LogP) is 4.96. The second-order valence-corrected chi connectivity index (χ2v) is 13.3. The van der Waals surface area contributed by atoms with Crippen LogP contribution in [0.4, 0.5) is 5.69 Å². The number of carboxylic acids is 1. The Labute approximate surface area is 272 Å². The van der Waals surface area contributed by atoms with Gasteiger partial charge in [0.05, 0.1) is 40.7 Å². The van der Waals surface area contributed by atoms with Crippen LogP contribution in [-0.4, -0.2) is 92.1 Å². The summed E-state index contributed by atoms with van der Waals surface area (Å²) in [7, 11) is 8.01. The number of aromatic nitrogens is 1. The topological polar surface area (TPSA) is 101 Å². The van der Waals surface area contributed by atoms with Gasteiger partial charge >= 0.3 is 5.97 Å². The van der Waals surface area contributed by atoms with Gasteiger partial charge in [0, 0.05) is 48.2 Å². The van der Waals surface area contributed by atoms with Crippen molar-refractivity contribution in [3.63, 3.8) is 0 Å². The number of aryl methyl sites for hydroxylation is 1. The SMILES string of the molecule is CCCCN(C(=O)CN1C[C@H](c2cc(OC)c3c(c2)OCO3)C(C(=O)O)[C@@H]1CCc1ccccn1)c1cccc(C[N+](C)(C)C)c1. The van der Waals surface area contributed by atoms with E-state index in [0.29, 0.717) is 43.2 Å². The fraction of sp³-hybridized carbons (Fsp3) is 0.472. The van der Waals surface area contributed by atoms with Gasteiger partial charge in [-0.2, -0.15) is 0 Å². The number of fused-ring (bicyclic) bond motifs is 1. The average molecular weight is 632 g/mol. The van der Waals surface area contributed by atoms with Gasteiger partial charge in [-0.25, -0.2) is 0 Å². The minimum atomic E-state index is -0.890. The number of nitrogens with zero attached hydrogens (tertiary/aromatic N) is 4. The minimum Gasteiger partial charge on any atom is -0.493 e. The molecule has 246 valence electrons. The lowest BCUT2D eigenvalue weighted by molar-refractivity contribution is -0.884. The van der Waals surface area contributed by atoms with E-state index in [1.807, 2.05) is 47.4 Å². The number of hydrogen-bond donors (Lipinski definition) is 1. The van der Waals surface area contributed by atoms with Crippen LogP contribution in [0.3, 0.4) is 0 Å². The van der Waals surface area contributed by atoms with Crippen molar-refractivity contribution in [1.82, 2.24) is 9.88 Å². The molecule has 46 heavy (non-hydrogen) atoms. The van der Waals surface area contributed by atoms with Crippen LogP contribution in [0.15, 0.2) is 60.8 Å². The number of ether oxygens (including phenoxy) is 3. The van der Waals surface area contributed by atoms with Crippen molar-refractivity contribution in [2.45, 2.75) is 51.1 Å². The Morgan fingerprint density at radius 2 is 1.93 bits per heavy atom. The fourth-order valence-corrected chi connectivity index (χ4v) is 6.74. The van der Waals surface area contributed by atoms with Gasteiger partial charge in [-0.3, -0.25) is 19.5 Å². The highest BCUT2D eigenvalue weighted by Gasteiger charge is 2.47. The van der Waals surface area contributed by atoms with E-state index in [2.05, 4.69) is 50.1 Å². The van der Waals surface area contributed by atoms with Crippen LogP contribution in [-0.2, 0) is 22.6 Å². The van der Waals surface area contributed by atoms with Gasteiger partial charge in [-0.1, -0.05) is 31.5 Å². The maximum atomic E-state index is 14.3. The zero-order valence-corrected chi connectivity index (χ0v) is 27.6. The van der Waals surface area contributed by atoms with E-state index in [-0.39, 0.29) is 31.2 Å². The number of aliphatic carboxylic acids is 1. The highest BCUT2D eigenvalue weighted by Crippen LogP contribution is 2.47. The predicted molar refractivity (Wildman–Crippen MR) is 176 cm³/mol. The molecule has 1 saturated heterocycles. The number of quaternary nitrogens is 1. The molecule has 0 spiro atoms. The van der Waals surface area contributed by atoms with Crippen molar-refractivity contribution in [3.05, 3.63) is 77.6 Å². The Morgan fingerprint density at radius 1 is 1.11 bits per heavy atom. The molecular weight excluding hydrogens is 584 g/mol. The Bertz CT molecular complexity index is 1510. The molecule has 1 amide bonds. The van der Waals surface area contributed by atoms with E-state index >= 15 is 0 Å². The second-order valence-electron chi connectivity index (χ2n) is 13.3. The van der Waals surface area contributed by atoms with Crippen LogP contribution < -0.4 is 19.1 Å². The lowest BCUT2D eigenvalue weighted by atomic mass is 9.83. The highest BCUT2D eigenvalue weighted by molar-refractivity contribution is 5.95. The molecule has 1 N–H and O–H groups in total.